The van der Waals surface area contributed by atoms with Crippen molar-refractivity contribution >= 4 is 11.4 Å². The fourth-order valence-corrected chi connectivity index (χ4v) is 2.13. The van der Waals surface area contributed by atoms with Gasteiger partial charge in [0.25, 0.3) is 0 Å². The van der Waals surface area contributed by atoms with Gasteiger partial charge >= 0.3 is 0 Å². The zero-order valence-electron chi connectivity index (χ0n) is 9.74. The molecule has 2 aromatic rings. The van der Waals surface area contributed by atoms with Crippen molar-refractivity contribution in [2.24, 2.45) is 7.05 Å². The summed E-state index contributed by atoms with van der Waals surface area (Å²) in [5.74, 6) is -1.17. The first-order valence-corrected chi connectivity index (χ1v) is 5.61. The van der Waals surface area contributed by atoms with Crippen LogP contribution in [0.1, 0.15) is 11.6 Å². The Morgan fingerprint density at radius 3 is 2.94 bits per heavy atom. The first-order chi connectivity index (χ1) is 8.63. The van der Waals surface area contributed by atoms with E-state index in [1.54, 1.807) is 10.9 Å². The van der Waals surface area contributed by atoms with E-state index in [0.29, 0.717) is 17.9 Å². The highest BCUT2D eigenvalue weighted by Crippen LogP contribution is 2.34. The lowest BCUT2D eigenvalue weighted by Crippen LogP contribution is -2.26. The highest BCUT2D eigenvalue weighted by Gasteiger charge is 2.22. The first kappa shape index (κ1) is 11.0. The number of fused-ring (bicyclic) bond motifs is 1. The van der Waals surface area contributed by atoms with E-state index in [-0.39, 0.29) is 6.04 Å². The highest BCUT2D eigenvalue weighted by molar-refractivity contribution is 5.72. The van der Waals surface area contributed by atoms with E-state index in [0.717, 1.165) is 11.6 Å². The SMILES string of the molecule is Cn1cc(C2CNc3c(F)cc(F)cc3N2)cn1. The van der Waals surface area contributed by atoms with Crippen molar-refractivity contribution in [2.75, 3.05) is 17.2 Å². The largest absolute Gasteiger partial charge is 0.379 e. The van der Waals surface area contributed by atoms with Crippen LogP contribution in [0.25, 0.3) is 0 Å². The molecular weight excluding hydrogens is 238 g/mol. The number of halogens is 2. The van der Waals surface area contributed by atoms with Crippen molar-refractivity contribution in [3.63, 3.8) is 0 Å². The molecule has 0 aliphatic carbocycles. The minimum atomic E-state index is -0.590. The van der Waals surface area contributed by atoms with E-state index in [1.807, 2.05) is 13.2 Å². The van der Waals surface area contributed by atoms with Crippen LogP contribution < -0.4 is 10.6 Å². The number of nitrogens with one attached hydrogen (secondary N) is 2. The Bertz CT molecular complexity index is 594. The van der Waals surface area contributed by atoms with Gasteiger partial charge in [-0.15, -0.1) is 0 Å². The molecule has 0 bridgehead atoms. The molecule has 0 radical (unpaired) electrons. The second-order valence-electron chi connectivity index (χ2n) is 4.34. The number of benzene rings is 1. The van der Waals surface area contributed by atoms with Crippen molar-refractivity contribution in [2.45, 2.75) is 6.04 Å². The van der Waals surface area contributed by atoms with Crippen LogP contribution in [0.3, 0.4) is 0 Å². The third-order valence-electron chi connectivity index (χ3n) is 2.99. The van der Waals surface area contributed by atoms with E-state index in [1.165, 1.54) is 6.07 Å². The normalized spacial score (nSPS) is 17.8. The van der Waals surface area contributed by atoms with E-state index < -0.39 is 11.6 Å². The second kappa shape index (κ2) is 3.97. The smallest absolute Gasteiger partial charge is 0.151 e. The maximum atomic E-state index is 13.5. The predicted molar refractivity (Wildman–Crippen MR) is 64.4 cm³/mol. The van der Waals surface area contributed by atoms with Crippen molar-refractivity contribution in [3.05, 3.63) is 41.7 Å². The van der Waals surface area contributed by atoms with Crippen molar-refractivity contribution in [1.29, 1.82) is 0 Å². The first-order valence-electron chi connectivity index (χ1n) is 5.61. The van der Waals surface area contributed by atoms with Crippen LogP contribution in [0.15, 0.2) is 24.5 Å². The summed E-state index contributed by atoms with van der Waals surface area (Å²) < 4.78 is 28.4. The summed E-state index contributed by atoms with van der Waals surface area (Å²) in [5.41, 5.74) is 1.73. The minimum Gasteiger partial charge on any atom is -0.379 e. The molecule has 1 aliphatic rings. The molecule has 1 atom stereocenters. The van der Waals surface area contributed by atoms with Gasteiger partial charge in [0.15, 0.2) is 5.82 Å². The summed E-state index contributed by atoms with van der Waals surface area (Å²) in [4.78, 5) is 0. The number of hydrogen-bond acceptors (Lipinski definition) is 3. The van der Waals surface area contributed by atoms with Gasteiger partial charge in [0, 0.05) is 31.4 Å². The van der Waals surface area contributed by atoms with E-state index in [2.05, 4.69) is 15.7 Å². The molecule has 0 saturated carbocycles. The lowest BCUT2D eigenvalue weighted by atomic mass is 10.1. The minimum absolute atomic E-state index is 0.0487. The van der Waals surface area contributed by atoms with Gasteiger partial charge in [-0.2, -0.15) is 5.10 Å². The fourth-order valence-electron chi connectivity index (χ4n) is 2.13. The zero-order chi connectivity index (χ0) is 12.7. The van der Waals surface area contributed by atoms with Gasteiger partial charge in [-0.25, -0.2) is 8.78 Å². The maximum Gasteiger partial charge on any atom is 0.151 e. The van der Waals surface area contributed by atoms with Crippen LogP contribution in [-0.4, -0.2) is 16.3 Å². The van der Waals surface area contributed by atoms with Crippen molar-refractivity contribution in [3.8, 4) is 0 Å². The third kappa shape index (κ3) is 1.79. The van der Waals surface area contributed by atoms with E-state index in [9.17, 15) is 8.78 Å². The Morgan fingerprint density at radius 2 is 2.22 bits per heavy atom. The summed E-state index contributed by atoms with van der Waals surface area (Å²) in [6, 6.07) is 2.11. The van der Waals surface area contributed by atoms with Gasteiger partial charge in [-0.3, -0.25) is 4.68 Å². The number of rotatable bonds is 1. The molecule has 1 aliphatic heterocycles. The van der Waals surface area contributed by atoms with Gasteiger partial charge in [0.05, 0.1) is 23.6 Å². The topological polar surface area (TPSA) is 41.9 Å². The predicted octanol–water partition coefficient (Wildman–Crippen LogP) is 2.28. The number of aryl methyl sites for hydroxylation is 1. The average molecular weight is 250 g/mol. The Kier molecular flexibility index (Phi) is 2.43. The molecule has 4 nitrogen and oxygen atoms in total. The van der Waals surface area contributed by atoms with Gasteiger partial charge < -0.3 is 10.6 Å². The summed E-state index contributed by atoms with van der Waals surface area (Å²) in [6.07, 6.45) is 3.61. The van der Waals surface area contributed by atoms with Gasteiger partial charge in [-0.1, -0.05) is 0 Å². The monoisotopic (exact) mass is 250 g/mol. The molecule has 1 unspecified atom stereocenters. The van der Waals surface area contributed by atoms with Crippen LogP contribution >= 0.6 is 0 Å². The van der Waals surface area contributed by atoms with Crippen LogP contribution in [0.4, 0.5) is 20.2 Å². The quantitative estimate of drug-likeness (QED) is 0.816. The molecule has 3 rings (SSSR count). The van der Waals surface area contributed by atoms with Crippen molar-refractivity contribution in [1.82, 2.24) is 9.78 Å². The highest BCUT2D eigenvalue weighted by atomic mass is 19.1. The van der Waals surface area contributed by atoms with Gasteiger partial charge in [0.1, 0.15) is 5.82 Å². The molecule has 0 amide bonds. The Morgan fingerprint density at radius 1 is 1.39 bits per heavy atom. The van der Waals surface area contributed by atoms with Gasteiger partial charge in [0.2, 0.25) is 0 Å². The van der Waals surface area contributed by atoms with Crippen LogP contribution in [0, 0.1) is 11.6 Å². The summed E-state index contributed by atoms with van der Waals surface area (Å²) in [5, 5.41) is 10.2. The Balaban J connectivity index is 1.93. The molecule has 18 heavy (non-hydrogen) atoms. The average Bonchev–Trinajstić information content (AvgIpc) is 2.75. The van der Waals surface area contributed by atoms with E-state index in [4.69, 9.17) is 0 Å². The molecule has 1 aromatic heterocycles. The third-order valence-corrected chi connectivity index (χ3v) is 2.99. The Labute approximate surface area is 103 Å². The molecular formula is C12H12F2N4. The molecule has 0 saturated heterocycles. The summed E-state index contributed by atoms with van der Waals surface area (Å²) in [7, 11) is 1.83. The molecule has 94 valence electrons. The van der Waals surface area contributed by atoms with Gasteiger partial charge in [-0.05, 0) is 6.07 Å². The molecule has 0 spiro atoms. The lowest BCUT2D eigenvalue weighted by Gasteiger charge is -2.28. The molecule has 6 heteroatoms. The van der Waals surface area contributed by atoms with Crippen LogP contribution in [0.5, 0.6) is 0 Å². The number of hydrogen-bond donors (Lipinski definition) is 2. The number of nitrogens with zero attached hydrogens (tertiary/aromatic N) is 2. The molecule has 2 heterocycles. The fraction of sp³-hybridized carbons (Fsp3) is 0.250. The Hall–Kier alpha value is -2.11. The standard InChI is InChI=1S/C12H12F2N4/c1-18-6-7(4-16-18)11-5-15-12-9(14)2-8(13)3-10(12)17-11/h2-4,6,11,15,17H,5H2,1H3. The molecule has 0 fully saturated rings. The number of anilines is 2. The lowest BCUT2D eigenvalue weighted by molar-refractivity contribution is 0.582. The zero-order valence-corrected chi connectivity index (χ0v) is 9.74. The summed E-state index contributed by atoms with van der Waals surface area (Å²) >= 11 is 0. The van der Waals surface area contributed by atoms with Crippen molar-refractivity contribution < 1.29 is 8.78 Å². The summed E-state index contributed by atoms with van der Waals surface area (Å²) in [6.45, 7) is 0.529. The molecule has 2 N–H and O–H groups in total. The van der Waals surface area contributed by atoms with Crippen LogP contribution in [-0.2, 0) is 7.05 Å². The van der Waals surface area contributed by atoms with Crippen LogP contribution in [0.2, 0.25) is 0 Å². The molecule has 1 aromatic carbocycles. The van der Waals surface area contributed by atoms with E-state index >= 15 is 0 Å². The maximum absolute atomic E-state index is 13.5. The second-order valence-corrected chi connectivity index (χ2v) is 4.34. The number of aromatic nitrogens is 2.